The molecule has 15 heteroatoms. The third-order valence-electron chi connectivity index (χ3n) is 6.62. The fraction of sp³-hybridized carbons (Fsp3) is 0.375. The summed E-state index contributed by atoms with van der Waals surface area (Å²) in [4.78, 5) is 19.3. The van der Waals surface area contributed by atoms with Crippen LogP contribution >= 0.6 is 0 Å². The lowest BCUT2D eigenvalue weighted by Crippen LogP contribution is -2.32. The summed E-state index contributed by atoms with van der Waals surface area (Å²) in [5.74, 6) is -3.94. The first-order valence-electron chi connectivity index (χ1n) is 12.0. The van der Waals surface area contributed by atoms with Crippen LogP contribution in [-0.4, -0.2) is 65.6 Å². The largest absolute Gasteiger partial charge is 0.395 e. The molecule has 10 nitrogen and oxygen atoms in total. The SMILES string of the molecule is O=C(Nc1ccc2cnn([C@H]3CC3(F)F)c2n1)c1ccc(NS(=O)(=O)CCO)cc1N1CCC(=C(F)F)CC1. The fourth-order valence-corrected chi connectivity index (χ4v) is 5.30. The second-order valence-electron chi connectivity index (χ2n) is 9.36. The zero-order valence-electron chi connectivity index (χ0n) is 20.4. The summed E-state index contributed by atoms with van der Waals surface area (Å²) >= 11 is 0. The molecule has 3 N–H and O–H groups in total. The van der Waals surface area contributed by atoms with Crippen LogP contribution in [-0.2, 0) is 10.0 Å². The molecule has 1 saturated carbocycles. The van der Waals surface area contributed by atoms with E-state index in [0.717, 1.165) is 4.68 Å². The first-order chi connectivity index (χ1) is 18.5. The van der Waals surface area contributed by atoms with Gasteiger partial charge in [-0.2, -0.15) is 13.9 Å². The number of aromatic nitrogens is 3. The number of carbonyl (C=O) groups is 1. The van der Waals surface area contributed by atoms with Crippen molar-refractivity contribution in [3.8, 4) is 0 Å². The van der Waals surface area contributed by atoms with E-state index in [1.54, 1.807) is 11.0 Å². The van der Waals surface area contributed by atoms with E-state index in [1.165, 1.54) is 30.5 Å². The average Bonchev–Trinajstić information content (AvgIpc) is 3.31. The van der Waals surface area contributed by atoms with Crippen molar-refractivity contribution in [3.05, 3.63) is 53.7 Å². The van der Waals surface area contributed by atoms with Crippen molar-refractivity contribution in [1.29, 1.82) is 0 Å². The smallest absolute Gasteiger partial charge is 0.272 e. The van der Waals surface area contributed by atoms with Crippen molar-refractivity contribution in [1.82, 2.24) is 14.8 Å². The molecule has 1 aromatic carbocycles. The van der Waals surface area contributed by atoms with Crippen molar-refractivity contribution < 1.29 is 35.9 Å². The number of rotatable bonds is 8. The number of nitrogens with one attached hydrogen (secondary N) is 2. The number of amides is 1. The molecule has 0 bridgehead atoms. The highest BCUT2D eigenvalue weighted by Crippen LogP contribution is 2.52. The number of sulfonamides is 1. The highest BCUT2D eigenvalue weighted by atomic mass is 32.2. The van der Waals surface area contributed by atoms with Crippen LogP contribution < -0.4 is 14.9 Å². The Bertz CT molecular complexity index is 1560. The van der Waals surface area contributed by atoms with Crippen LogP contribution in [0.1, 0.15) is 35.7 Å². The highest BCUT2D eigenvalue weighted by molar-refractivity contribution is 7.92. The Morgan fingerprint density at radius 2 is 1.87 bits per heavy atom. The zero-order chi connectivity index (χ0) is 27.9. The van der Waals surface area contributed by atoms with Crippen molar-refractivity contribution in [2.24, 2.45) is 0 Å². The number of hydrogen-bond donors (Lipinski definition) is 3. The third-order valence-corrected chi connectivity index (χ3v) is 7.89. The van der Waals surface area contributed by atoms with E-state index in [0.29, 0.717) is 11.1 Å². The van der Waals surface area contributed by atoms with Gasteiger partial charge in [-0.3, -0.25) is 9.52 Å². The van der Waals surface area contributed by atoms with Crippen LogP contribution in [0.4, 0.5) is 34.8 Å². The van der Waals surface area contributed by atoms with Gasteiger partial charge in [0.05, 0.1) is 35.5 Å². The van der Waals surface area contributed by atoms with Crippen LogP contribution in [0.15, 0.2) is 48.2 Å². The molecule has 1 amide bonds. The van der Waals surface area contributed by atoms with Crippen molar-refractivity contribution in [2.45, 2.75) is 31.2 Å². The van der Waals surface area contributed by atoms with E-state index in [2.05, 4.69) is 20.1 Å². The fourth-order valence-electron chi connectivity index (χ4n) is 4.47. The second-order valence-corrected chi connectivity index (χ2v) is 11.2. The maximum Gasteiger partial charge on any atom is 0.272 e. The molecule has 5 rings (SSSR count). The lowest BCUT2D eigenvalue weighted by molar-refractivity contribution is 0.0988. The molecule has 1 saturated heterocycles. The van der Waals surface area contributed by atoms with Crippen molar-refractivity contribution >= 4 is 44.2 Å². The normalized spacial score (nSPS) is 18.7. The molecule has 0 radical (unpaired) electrons. The van der Waals surface area contributed by atoms with E-state index in [9.17, 15) is 30.8 Å². The monoisotopic (exact) mass is 568 g/mol. The molecule has 1 aliphatic carbocycles. The van der Waals surface area contributed by atoms with E-state index in [-0.39, 0.29) is 60.6 Å². The van der Waals surface area contributed by atoms with Gasteiger partial charge >= 0.3 is 0 Å². The molecular formula is C24H24F4N6O4S. The summed E-state index contributed by atoms with van der Waals surface area (Å²) in [6, 6.07) is 6.16. The summed E-state index contributed by atoms with van der Waals surface area (Å²) in [5.41, 5.74) is 0.762. The predicted octanol–water partition coefficient (Wildman–Crippen LogP) is 3.75. The molecule has 0 unspecified atom stereocenters. The second kappa shape index (κ2) is 10.1. The van der Waals surface area contributed by atoms with Crippen LogP contribution in [0, 0.1) is 0 Å². The molecule has 2 fully saturated rings. The van der Waals surface area contributed by atoms with Crippen LogP contribution in [0.3, 0.4) is 0 Å². The number of aliphatic hydroxyl groups excluding tert-OH is 1. The third kappa shape index (κ3) is 5.68. The van der Waals surface area contributed by atoms with Gasteiger partial charge in [-0.1, -0.05) is 0 Å². The maximum atomic E-state index is 13.6. The summed E-state index contributed by atoms with van der Waals surface area (Å²) in [6.45, 7) is -0.259. The van der Waals surface area contributed by atoms with E-state index in [4.69, 9.17) is 5.11 Å². The molecule has 3 aromatic rings. The van der Waals surface area contributed by atoms with Gasteiger partial charge in [-0.25, -0.2) is 26.9 Å². The van der Waals surface area contributed by atoms with Crippen LogP contribution in [0.2, 0.25) is 0 Å². The number of aliphatic hydroxyl groups is 1. The molecule has 1 atom stereocenters. The minimum Gasteiger partial charge on any atom is -0.395 e. The molecule has 2 aliphatic rings. The lowest BCUT2D eigenvalue weighted by atomic mass is 10.0. The number of anilines is 3. The van der Waals surface area contributed by atoms with Crippen molar-refractivity contribution in [3.63, 3.8) is 0 Å². The first kappa shape index (κ1) is 26.9. The Balaban J connectivity index is 1.44. The quantitative estimate of drug-likeness (QED) is 0.353. The van der Waals surface area contributed by atoms with Gasteiger partial charge < -0.3 is 15.3 Å². The Labute approximate surface area is 220 Å². The first-order valence-corrected chi connectivity index (χ1v) is 13.7. The standard InChI is InChI=1S/C24H24F4N6O4S/c25-21(26)14-5-7-33(8-6-14)18-11-16(32-39(37,38)10-9-35)2-3-17(18)23(36)31-20-4-1-15-13-29-34(22(15)30-20)19-12-24(19,27)28/h1-4,11,13,19,32,35H,5-10,12H2,(H,30,31,36)/t19-/m0/s1. The number of piperidine rings is 1. The molecule has 3 heterocycles. The number of halogens is 4. The zero-order valence-corrected chi connectivity index (χ0v) is 21.2. The van der Waals surface area contributed by atoms with Crippen LogP contribution in [0.25, 0.3) is 11.0 Å². The summed E-state index contributed by atoms with van der Waals surface area (Å²) in [6.07, 6.45) is -0.534. The number of benzene rings is 1. The Kier molecular flexibility index (Phi) is 6.97. The topological polar surface area (TPSA) is 129 Å². The number of carbonyl (C=O) groups excluding carboxylic acids is 1. The maximum absolute atomic E-state index is 13.6. The van der Waals surface area contributed by atoms with Gasteiger partial charge in [0.15, 0.2) is 5.65 Å². The van der Waals surface area contributed by atoms with Gasteiger partial charge in [-0.15, -0.1) is 0 Å². The Hall–Kier alpha value is -3.72. The van der Waals surface area contributed by atoms with Crippen molar-refractivity contribution in [2.75, 3.05) is 40.4 Å². The van der Waals surface area contributed by atoms with Crippen LogP contribution in [0.5, 0.6) is 0 Å². The number of alkyl halides is 2. The summed E-state index contributed by atoms with van der Waals surface area (Å²) in [7, 11) is -3.86. The average molecular weight is 569 g/mol. The van der Waals surface area contributed by atoms with Gasteiger partial charge in [0.1, 0.15) is 11.9 Å². The van der Waals surface area contributed by atoms with Gasteiger partial charge in [-0.05, 0) is 48.7 Å². The molecule has 2 aromatic heterocycles. The van der Waals surface area contributed by atoms with Gasteiger partial charge in [0.2, 0.25) is 10.0 Å². The molecule has 208 valence electrons. The predicted molar refractivity (Wildman–Crippen MR) is 136 cm³/mol. The number of fused-ring (bicyclic) bond motifs is 1. The Morgan fingerprint density at radius 1 is 1.15 bits per heavy atom. The summed E-state index contributed by atoms with van der Waals surface area (Å²) in [5, 5.41) is 16.2. The van der Waals surface area contributed by atoms with E-state index >= 15 is 0 Å². The van der Waals surface area contributed by atoms with Gasteiger partial charge in [0, 0.05) is 24.9 Å². The number of hydrogen-bond acceptors (Lipinski definition) is 7. The molecule has 39 heavy (non-hydrogen) atoms. The minimum atomic E-state index is -3.86. The highest BCUT2D eigenvalue weighted by Gasteiger charge is 2.59. The number of nitrogens with zero attached hydrogens (tertiary/aromatic N) is 4. The molecule has 0 spiro atoms. The molecule has 1 aliphatic heterocycles. The molecular weight excluding hydrogens is 544 g/mol. The Morgan fingerprint density at radius 3 is 2.51 bits per heavy atom. The van der Waals surface area contributed by atoms with E-state index < -0.39 is 46.3 Å². The minimum absolute atomic E-state index is 0.0207. The van der Waals surface area contributed by atoms with Gasteiger partial charge in [0.25, 0.3) is 17.9 Å². The lowest BCUT2D eigenvalue weighted by Gasteiger charge is -2.31. The summed E-state index contributed by atoms with van der Waals surface area (Å²) < 4.78 is 81.2. The van der Waals surface area contributed by atoms with E-state index in [1.807, 2.05) is 0 Å². The number of pyridine rings is 1.